The van der Waals surface area contributed by atoms with Crippen molar-refractivity contribution in [2.24, 2.45) is 11.7 Å². The van der Waals surface area contributed by atoms with Crippen LogP contribution < -0.4 is 5.73 Å². The standard InChI is InChI=1S/C16H20F2N2O/c17-13-5-3-6-14(18)15(13)11-8-12(11)16(21)20-7-2-1-4-10(20)9-19/h3,5-6,10-12H,1-2,4,7-9,19H2/t10-,11+,12-/m0/s1. The smallest absolute Gasteiger partial charge is 0.226 e. The minimum absolute atomic E-state index is 0.0119. The molecule has 0 spiro atoms. The molecule has 114 valence electrons. The summed E-state index contributed by atoms with van der Waals surface area (Å²) in [6.45, 7) is 1.17. The van der Waals surface area contributed by atoms with Gasteiger partial charge >= 0.3 is 0 Å². The molecule has 5 heteroatoms. The number of nitrogens with zero attached hydrogens (tertiary/aromatic N) is 1. The van der Waals surface area contributed by atoms with Crippen LogP contribution in [0.3, 0.4) is 0 Å². The Balaban J connectivity index is 1.74. The largest absolute Gasteiger partial charge is 0.338 e. The molecule has 1 heterocycles. The molecule has 1 saturated carbocycles. The molecule has 2 N–H and O–H groups in total. The Morgan fingerprint density at radius 1 is 1.29 bits per heavy atom. The van der Waals surface area contributed by atoms with Gasteiger partial charge in [0.25, 0.3) is 0 Å². The highest BCUT2D eigenvalue weighted by molar-refractivity contribution is 5.83. The molecule has 2 aliphatic rings. The first-order valence-corrected chi connectivity index (χ1v) is 7.58. The van der Waals surface area contributed by atoms with Gasteiger partial charge in [-0.15, -0.1) is 0 Å². The van der Waals surface area contributed by atoms with Crippen LogP contribution in [-0.2, 0) is 4.79 Å². The van der Waals surface area contributed by atoms with Crippen molar-refractivity contribution in [3.05, 3.63) is 35.4 Å². The Kier molecular flexibility index (Phi) is 3.93. The summed E-state index contributed by atoms with van der Waals surface area (Å²) < 4.78 is 27.6. The number of hydrogen-bond donors (Lipinski definition) is 1. The second-order valence-corrected chi connectivity index (χ2v) is 6.00. The molecule has 0 aromatic heterocycles. The first-order valence-electron chi connectivity index (χ1n) is 7.58. The molecule has 1 aliphatic heterocycles. The summed E-state index contributed by atoms with van der Waals surface area (Å²) >= 11 is 0. The van der Waals surface area contributed by atoms with E-state index in [-0.39, 0.29) is 29.3 Å². The fourth-order valence-electron chi connectivity index (χ4n) is 3.40. The van der Waals surface area contributed by atoms with Gasteiger partial charge in [-0.2, -0.15) is 0 Å². The van der Waals surface area contributed by atoms with Crippen LogP contribution in [-0.4, -0.2) is 29.9 Å². The van der Waals surface area contributed by atoms with Crippen LogP contribution in [0.25, 0.3) is 0 Å². The lowest BCUT2D eigenvalue weighted by Crippen LogP contribution is -2.48. The lowest BCUT2D eigenvalue weighted by atomic mass is 10.0. The van der Waals surface area contributed by atoms with Crippen LogP contribution in [0.2, 0.25) is 0 Å². The van der Waals surface area contributed by atoms with E-state index in [0.29, 0.717) is 19.5 Å². The van der Waals surface area contributed by atoms with Gasteiger partial charge in [-0.25, -0.2) is 8.78 Å². The van der Waals surface area contributed by atoms with Gasteiger partial charge in [0.15, 0.2) is 0 Å². The summed E-state index contributed by atoms with van der Waals surface area (Å²) in [5.74, 6) is -1.70. The third-order valence-corrected chi connectivity index (χ3v) is 4.66. The fraction of sp³-hybridized carbons (Fsp3) is 0.562. The number of nitrogens with two attached hydrogens (primary N) is 1. The number of carbonyl (C=O) groups is 1. The molecule has 1 aromatic rings. The molecule has 3 atom stereocenters. The zero-order chi connectivity index (χ0) is 15.0. The summed E-state index contributed by atoms with van der Waals surface area (Å²) in [5, 5.41) is 0. The van der Waals surface area contributed by atoms with Crippen LogP contribution in [0.5, 0.6) is 0 Å². The van der Waals surface area contributed by atoms with E-state index in [2.05, 4.69) is 0 Å². The maximum absolute atomic E-state index is 13.8. The summed E-state index contributed by atoms with van der Waals surface area (Å²) in [5.41, 5.74) is 5.80. The van der Waals surface area contributed by atoms with Gasteiger partial charge < -0.3 is 10.6 Å². The topological polar surface area (TPSA) is 46.3 Å². The Hall–Kier alpha value is -1.49. The lowest BCUT2D eigenvalue weighted by Gasteiger charge is -2.35. The Labute approximate surface area is 123 Å². The molecule has 0 unspecified atom stereocenters. The molecular formula is C16H20F2N2O. The third kappa shape index (κ3) is 2.67. The van der Waals surface area contributed by atoms with Gasteiger partial charge in [0.2, 0.25) is 5.91 Å². The van der Waals surface area contributed by atoms with Crippen LogP contribution in [0.15, 0.2) is 18.2 Å². The van der Waals surface area contributed by atoms with Gasteiger partial charge in [0, 0.05) is 36.5 Å². The molecular weight excluding hydrogens is 274 g/mol. The minimum Gasteiger partial charge on any atom is -0.338 e. The van der Waals surface area contributed by atoms with E-state index in [0.717, 1.165) is 19.3 Å². The quantitative estimate of drug-likeness (QED) is 0.930. The van der Waals surface area contributed by atoms with Crippen molar-refractivity contribution >= 4 is 5.91 Å². The van der Waals surface area contributed by atoms with Crippen molar-refractivity contribution in [2.45, 2.75) is 37.6 Å². The van der Waals surface area contributed by atoms with Crippen molar-refractivity contribution in [1.82, 2.24) is 4.90 Å². The van der Waals surface area contributed by atoms with Gasteiger partial charge in [0.05, 0.1) is 0 Å². The highest BCUT2D eigenvalue weighted by Gasteiger charge is 2.49. The highest BCUT2D eigenvalue weighted by atomic mass is 19.1. The van der Waals surface area contributed by atoms with Crippen molar-refractivity contribution in [3.8, 4) is 0 Å². The number of hydrogen-bond acceptors (Lipinski definition) is 2. The van der Waals surface area contributed by atoms with Crippen LogP contribution >= 0.6 is 0 Å². The van der Waals surface area contributed by atoms with E-state index in [1.54, 1.807) is 0 Å². The van der Waals surface area contributed by atoms with Gasteiger partial charge in [-0.1, -0.05) is 6.07 Å². The Morgan fingerprint density at radius 2 is 2.00 bits per heavy atom. The number of carbonyl (C=O) groups excluding carboxylic acids is 1. The zero-order valence-electron chi connectivity index (χ0n) is 11.9. The number of amides is 1. The van der Waals surface area contributed by atoms with E-state index in [1.807, 2.05) is 4.90 Å². The second kappa shape index (κ2) is 5.72. The number of likely N-dealkylation sites (tertiary alicyclic amines) is 1. The van der Waals surface area contributed by atoms with E-state index >= 15 is 0 Å². The van der Waals surface area contributed by atoms with E-state index < -0.39 is 11.6 Å². The van der Waals surface area contributed by atoms with Crippen LogP contribution in [0, 0.1) is 17.6 Å². The Bertz CT molecular complexity index is 529. The number of rotatable bonds is 3. The van der Waals surface area contributed by atoms with Crippen LogP contribution in [0.1, 0.15) is 37.2 Å². The number of piperidine rings is 1. The molecule has 0 radical (unpaired) electrons. The van der Waals surface area contributed by atoms with Crippen molar-refractivity contribution < 1.29 is 13.6 Å². The van der Waals surface area contributed by atoms with Crippen molar-refractivity contribution in [1.29, 1.82) is 0 Å². The average molecular weight is 294 g/mol. The molecule has 1 aliphatic carbocycles. The van der Waals surface area contributed by atoms with E-state index in [4.69, 9.17) is 5.73 Å². The molecule has 3 nitrogen and oxygen atoms in total. The molecule has 0 bridgehead atoms. The molecule has 1 saturated heterocycles. The van der Waals surface area contributed by atoms with Gasteiger partial charge in [-0.05, 0) is 37.8 Å². The maximum Gasteiger partial charge on any atom is 0.226 e. The molecule has 1 amide bonds. The zero-order valence-corrected chi connectivity index (χ0v) is 11.9. The Morgan fingerprint density at radius 3 is 2.67 bits per heavy atom. The fourth-order valence-corrected chi connectivity index (χ4v) is 3.40. The number of benzene rings is 1. The molecule has 3 rings (SSSR count). The SMILES string of the molecule is NC[C@@H]1CCCCN1C(=O)[C@H]1C[C@H]1c1c(F)cccc1F. The van der Waals surface area contributed by atoms with Crippen molar-refractivity contribution in [3.63, 3.8) is 0 Å². The summed E-state index contributed by atoms with van der Waals surface area (Å²) in [4.78, 5) is 14.4. The van der Waals surface area contributed by atoms with Crippen LogP contribution in [0.4, 0.5) is 8.78 Å². The highest BCUT2D eigenvalue weighted by Crippen LogP contribution is 2.50. The summed E-state index contributed by atoms with van der Waals surface area (Å²) in [6.07, 6.45) is 3.52. The first-order chi connectivity index (χ1) is 10.1. The normalized spacial score (nSPS) is 28.5. The summed E-state index contributed by atoms with van der Waals surface area (Å²) in [7, 11) is 0. The van der Waals surface area contributed by atoms with Gasteiger partial charge in [0.1, 0.15) is 11.6 Å². The predicted molar refractivity (Wildman–Crippen MR) is 75.6 cm³/mol. The second-order valence-electron chi connectivity index (χ2n) is 6.00. The monoisotopic (exact) mass is 294 g/mol. The van der Waals surface area contributed by atoms with E-state index in [1.165, 1.54) is 18.2 Å². The molecule has 21 heavy (non-hydrogen) atoms. The average Bonchev–Trinajstić information content (AvgIpc) is 3.26. The van der Waals surface area contributed by atoms with Crippen molar-refractivity contribution in [2.75, 3.05) is 13.1 Å². The third-order valence-electron chi connectivity index (χ3n) is 4.66. The minimum atomic E-state index is -0.552. The van der Waals surface area contributed by atoms with E-state index in [9.17, 15) is 13.6 Å². The number of halogens is 2. The molecule has 2 fully saturated rings. The predicted octanol–water partition coefficient (Wildman–Crippen LogP) is 2.41. The first kappa shape index (κ1) is 14.4. The lowest BCUT2D eigenvalue weighted by molar-refractivity contribution is -0.136. The maximum atomic E-state index is 13.8. The van der Waals surface area contributed by atoms with Gasteiger partial charge in [-0.3, -0.25) is 4.79 Å². The molecule has 1 aromatic carbocycles. The summed E-state index contributed by atoms with van der Waals surface area (Å²) in [6, 6.07) is 3.93.